The van der Waals surface area contributed by atoms with E-state index in [1.54, 1.807) is 18.2 Å². The molecule has 172 valence electrons. The summed E-state index contributed by atoms with van der Waals surface area (Å²) in [6.45, 7) is 0. The van der Waals surface area contributed by atoms with Crippen LogP contribution in [0.2, 0.25) is 0 Å². The molecule has 33 heavy (non-hydrogen) atoms. The van der Waals surface area contributed by atoms with Crippen molar-refractivity contribution in [1.82, 2.24) is 9.97 Å². The van der Waals surface area contributed by atoms with Crippen molar-refractivity contribution in [2.24, 2.45) is 0 Å². The Morgan fingerprint density at radius 3 is 2.06 bits per heavy atom. The first-order valence-corrected chi connectivity index (χ1v) is 10.7. The average molecular weight is 524 g/mol. The van der Waals surface area contributed by atoms with E-state index >= 15 is 0 Å². The van der Waals surface area contributed by atoms with Crippen molar-refractivity contribution in [2.45, 2.75) is 18.4 Å². The summed E-state index contributed by atoms with van der Waals surface area (Å²) >= 11 is 0. The fourth-order valence-electron chi connectivity index (χ4n) is 1.87. The zero-order chi connectivity index (χ0) is 23.7. The molecule has 0 saturated heterocycles. The van der Waals surface area contributed by atoms with Crippen LogP contribution in [0.3, 0.4) is 0 Å². The molecule has 1 aromatic heterocycles. The fraction of sp³-hybridized carbons (Fsp3) is 0.188. The molecule has 13 nitrogen and oxygen atoms in total. The number of aromatic amines is 1. The van der Waals surface area contributed by atoms with Gasteiger partial charge in [0.1, 0.15) is 0 Å². The molecular weight excluding hydrogens is 506 g/mol. The molecule has 0 fully saturated rings. The summed E-state index contributed by atoms with van der Waals surface area (Å²) in [6, 6.07) is 7.69. The normalized spacial score (nSPS) is 11.8. The van der Waals surface area contributed by atoms with Crippen molar-refractivity contribution in [3.05, 3.63) is 48.3 Å². The van der Waals surface area contributed by atoms with Crippen LogP contribution in [-0.2, 0) is 23.5 Å². The summed E-state index contributed by atoms with van der Waals surface area (Å²) in [4.78, 5) is 49.5. The van der Waals surface area contributed by atoms with Crippen LogP contribution in [-0.4, -0.2) is 126 Å². The van der Waals surface area contributed by atoms with E-state index in [1.807, 2.05) is 0 Å². The predicted octanol–water partition coefficient (Wildman–Crippen LogP) is -0.939. The van der Waals surface area contributed by atoms with Crippen LogP contribution < -0.4 is 4.74 Å². The predicted molar refractivity (Wildman–Crippen MR) is 118 cm³/mol. The van der Waals surface area contributed by atoms with Gasteiger partial charge in [0.25, 0.3) is 0 Å². The molecule has 0 aliphatic rings. The number of H-pyrrole nitrogens is 1. The second-order valence-electron chi connectivity index (χ2n) is 5.62. The Bertz CT molecular complexity index is 1030. The van der Waals surface area contributed by atoms with Gasteiger partial charge in [-0.3, -0.25) is 18.9 Å². The van der Waals surface area contributed by atoms with Gasteiger partial charge in [0.05, 0.1) is 23.6 Å². The second kappa shape index (κ2) is 15.6. The van der Waals surface area contributed by atoms with Crippen LogP contribution in [0.1, 0.15) is 23.2 Å². The summed E-state index contributed by atoms with van der Waals surface area (Å²) in [6.07, 6.45) is 0.539. The van der Waals surface area contributed by atoms with Crippen LogP contribution >= 0.6 is 10.8 Å². The van der Waals surface area contributed by atoms with Gasteiger partial charge in [0.15, 0.2) is 5.60 Å². The third-order valence-electron chi connectivity index (χ3n) is 3.15. The summed E-state index contributed by atoms with van der Waals surface area (Å²) in [5, 5.41) is 26.0. The van der Waals surface area contributed by atoms with Crippen molar-refractivity contribution in [3.8, 4) is 6.01 Å². The molecule has 1 heterocycles. The summed E-state index contributed by atoms with van der Waals surface area (Å²) in [5.41, 5.74) is -2.47. The molecular formula is C16H18N2Na2O11S2. The van der Waals surface area contributed by atoms with Crippen LogP contribution in [0.25, 0.3) is 0 Å². The number of aromatic nitrogens is 2. The summed E-state index contributed by atoms with van der Waals surface area (Å²) in [5.74, 6) is -4.48. The number of carboxylic acid groups (broad SMARTS) is 2. The second-order valence-corrected chi connectivity index (χ2v) is 8.77. The Kier molecular flexibility index (Phi) is 16.0. The molecule has 0 aliphatic carbocycles. The monoisotopic (exact) mass is 524 g/mol. The Morgan fingerprint density at radius 1 is 1.06 bits per heavy atom. The van der Waals surface area contributed by atoms with Gasteiger partial charge in [-0.2, -0.15) is 8.42 Å². The van der Waals surface area contributed by atoms with E-state index in [1.165, 1.54) is 24.5 Å². The Morgan fingerprint density at radius 2 is 1.64 bits per heavy atom. The molecule has 0 radical (unpaired) electrons. The third-order valence-corrected chi connectivity index (χ3v) is 4.84. The van der Waals surface area contributed by atoms with E-state index in [0.717, 1.165) is 0 Å². The number of benzene rings is 1. The Hall–Kier alpha value is -1.27. The minimum absolute atomic E-state index is 0. The van der Waals surface area contributed by atoms with Crippen molar-refractivity contribution >= 4 is 102 Å². The first-order valence-electron chi connectivity index (χ1n) is 7.96. The number of carboxylic acids is 2. The van der Waals surface area contributed by atoms with E-state index in [4.69, 9.17) is 14.8 Å². The van der Waals surface area contributed by atoms with Gasteiger partial charge in [-0.25, -0.2) is 9.78 Å². The topological polar surface area (TPSA) is 221 Å². The number of carbonyl (C=O) groups is 4. The van der Waals surface area contributed by atoms with Crippen molar-refractivity contribution < 1.29 is 52.2 Å². The zero-order valence-corrected chi connectivity index (χ0v) is 17.0. The summed E-state index contributed by atoms with van der Waals surface area (Å²) in [7, 11) is -4.41. The maximum atomic E-state index is 11.3. The first-order chi connectivity index (χ1) is 14.3. The Balaban J connectivity index is 0. The number of nitrogens with one attached hydrogen (secondary N) is 1. The summed E-state index contributed by atoms with van der Waals surface area (Å²) < 4.78 is 33.5. The van der Waals surface area contributed by atoms with E-state index in [0.29, 0.717) is 0 Å². The van der Waals surface area contributed by atoms with Gasteiger partial charge in [-0.15, -0.1) is 0 Å². The molecule has 5 N–H and O–H groups in total. The maximum absolute atomic E-state index is 11.3. The van der Waals surface area contributed by atoms with Crippen LogP contribution in [0.5, 0.6) is 6.01 Å². The van der Waals surface area contributed by atoms with Crippen molar-refractivity contribution in [2.75, 3.05) is 0 Å². The number of nitrogens with zero attached hydrogens (tertiary/aromatic N) is 1. The van der Waals surface area contributed by atoms with Gasteiger partial charge < -0.3 is 25.0 Å². The van der Waals surface area contributed by atoms with E-state index in [9.17, 15) is 32.7 Å². The molecule has 0 spiro atoms. The Labute approximate surface area is 235 Å². The number of carbonyl (C=O) groups excluding carboxylic acids is 2. The first kappa shape index (κ1) is 33.9. The number of rotatable bonds is 8. The molecule has 2 aromatic rings. The molecule has 17 heteroatoms. The molecule has 1 aromatic carbocycles. The average Bonchev–Trinajstić information content (AvgIpc) is 3.13. The molecule has 1 atom stereocenters. The number of imidazole rings is 1. The van der Waals surface area contributed by atoms with Crippen molar-refractivity contribution in [3.63, 3.8) is 0 Å². The van der Waals surface area contributed by atoms with Gasteiger partial charge in [0, 0.05) is 18.0 Å². The quantitative estimate of drug-likeness (QED) is 0.122. The number of esters is 1. The SMILES string of the molecule is O=C(O)CC(O)(CC(=O)Oc1ncc[nH]1)C(=O)O.O=C(SS(=O)(=O)O)c1ccccc1.[NaH].[NaH]. The zero-order valence-electron chi connectivity index (χ0n) is 15.4. The van der Waals surface area contributed by atoms with E-state index in [-0.39, 0.29) is 81.5 Å². The van der Waals surface area contributed by atoms with Crippen LogP contribution in [0, 0.1) is 0 Å². The number of aliphatic hydroxyl groups is 1. The third kappa shape index (κ3) is 13.9. The fourth-order valence-corrected chi connectivity index (χ4v) is 3.16. The van der Waals surface area contributed by atoms with Crippen molar-refractivity contribution in [1.29, 1.82) is 0 Å². The van der Waals surface area contributed by atoms with Gasteiger partial charge >= 0.3 is 92.2 Å². The minimum atomic E-state index is -4.30. The standard InChI is InChI=1S/C9H10N2O7.C7H6O4S2.2Na.2H/c12-5(13)3-9(17,7(15)16)4-6(14)18-8-10-1-2-11-8;8-7(12-13(9,10)11)6-4-2-1-3-5-6;;;;/h1-2,17H,3-4H2,(H,10,11)(H,12,13)(H,15,16);1-5H,(H,9,10,11);;;;. The van der Waals surface area contributed by atoms with Gasteiger partial charge in [-0.05, 0) is 0 Å². The molecule has 0 amide bonds. The van der Waals surface area contributed by atoms with Crippen LogP contribution in [0.15, 0.2) is 42.7 Å². The number of hydrogen-bond donors (Lipinski definition) is 5. The number of hydrogen-bond acceptors (Lipinski definition) is 10. The molecule has 0 aliphatic heterocycles. The van der Waals surface area contributed by atoms with Gasteiger partial charge in [-0.1, -0.05) is 30.3 Å². The van der Waals surface area contributed by atoms with E-state index < -0.39 is 50.6 Å². The number of aliphatic carboxylic acids is 2. The van der Waals surface area contributed by atoms with Crippen LogP contribution in [0.4, 0.5) is 0 Å². The molecule has 0 bridgehead atoms. The number of ether oxygens (including phenoxy) is 1. The van der Waals surface area contributed by atoms with E-state index in [2.05, 4.69) is 14.7 Å². The molecule has 2 rings (SSSR count). The molecule has 1 unspecified atom stereocenters. The molecule has 0 saturated carbocycles. The van der Waals surface area contributed by atoms with Gasteiger partial charge in [0.2, 0.25) is 5.12 Å².